The Hall–Kier alpha value is -1.14. The Labute approximate surface area is 100 Å². The summed E-state index contributed by atoms with van der Waals surface area (Å²) in [7, 11) is 1.42. The van der Waals surface area contributed by atoms with Gasteiger partial charge in [0.1, 0.15) is 17.6 Å². The topological polar surface area (TPSA) is 72.5 Å². The fourth-order valence-electron chi connectivity index (χ4n) is 1.21. The molecule has 0 aliphatic rings. The molecule has 0 aliphatic carbocycles. The van der Waals surface area contributed by atoms with Crippen molar-refractivity contribution in [1.82, 2.24) is 0 Å². The third kappa shape index (κ3) is 2.70. The van der Waals surface area contributed by atoms with E-state index in [9.17, 15) is 9.18 Å². The van der Waals surface area contributed by atoms with Crippen molar-refractivity contribution in [2.45, 2.75) is 12.5 Å². The van der Waals surface area contributed by atoms with Gasteiger partial charge in [0.2, 0.25) is 0 Å². The largest absolute Gasteiger partial charge is 0.495 e. The summed E-state index contributed by atoms with van der Waals surface area (Å²) in [4.78, 5) is 10.5. The van der Waals surface area contributed by atoms with Gasteiger partial charge in [-0.1, -0.05) is 6.07 Å². The first-order valence-electron chi connectivity index (χ1n) is 4.46. The van der Waals surface area contributed by atoms with E-state index in [1.165, 1.54) is 13.2 Å². The number of methoxy groups -OCH3 is 1. The van der Waals surface area contributed by atoms with Crippen LogP contribution in [0.2, 0.25) is 0 Å². The minimum absolute atomic E-state index is 0.0657. The average Bonchev–Trinajstić information content (AvgIpc) is 2.25. The first-order valence-corrected chi connectivity index (χ1v) is 5.26. The first-order chi connectivity index (χ1) is 7.47. The molecule has 16 heavy (non-hydrogen) atoms. The minimum atomic E-state index is -1.16. The van der Waals surface area contributed by atoms with Crippen molar-refractivity contribution < 1.29 is 19.0 Å². The minimum Gasteiger partial charge on any atom is -0.495 e. The van der Waals surface area contributed by atoms with Crippen molar-refractivity contribution in [2.24, 2.45) is 5.73 Å². The number of hydrogen-bond donors (Lipinski definition) is 2. The van der Waals surface area contributed by atoms with E-state index in [0.717, 1.165) is 0 Å². The van der Waals surface area contributed by atoms with Crippen LogP contribution in [-0.2, 0) is 11.2 Å². The van der Waals surface area contributed by atoms with Crippen molar-refractivity contribution in [3.63, 3.8) is 0 Å². The Kier molecular flexibility index (Phi) is 4.26. The number of benzene rings is 1. The molecule has 1 aromatic carbocycles. The number of rotatable bonds is 4. The quantitative estimate of drug-likeness (QED) is 0.883. The van der Waals surface area contributed by atoms with Crippen LogP contribution < -0.4 is 10.5 Å². The Morgan fingerprint density at radius 1 is 1.69 bits per heavy atom. The SMILES string of the molecule is COc1ccc(CC(N)C(=O)O)c(F)c1Br. The molecule has 0 bridgehead atoms. The second-order valence-electron chi connectivity index (χ2n) is 3.20. The summed E-state index contributed by atoms with van der Waals surface area (Å²) in [5, 5.41) is 8.62. The van der Waals surface area contributed by atoms with Crippen LogP contribution in [0.15, 0.2) is 16.6 Å². The van der Waals surface area contributed by atoms with Gasteiger partial charge in [-0.15, -0.1) is 0 Å². The Morgan fingerprint density at radius 2 is 2.31 bits per heavy atom. The molecule has 0 aromatic heterocycles. The lowest BCUT2D eigenvalue weighted by atomic mass is 10.1. The van der Waals surface area contributed by atoms with E-state index in [2.05, 4.69) is 15.9 Å². The van der Waals surface area contributed by atoms with Gasteiger partial charge in [0.25, 0.3) is 0 Å². The normalized spacial score (nSPS) is 12.2. The summed E-state index contributed by atoms with van der Waals surface area (Å²) in [5.74, 6) is -1.35. The van der Waals surface area contributed by atoms with Gasteiger partial charge < -0.3 is 15.6 Å². The maximum Gasteiger partial charge on any atom is 0.320 e. The van der Waals surface area contributed by atoms with Gasteiger partial charge in [0.15, 0.2) is 0 Å². The number of carbonyl (C=O) groups is 1. The van der Waals surface area contributed by atoms with E-state index in [1.807, 2.05) is 0 Å². The van der Waals surface area contributed by atoms with Crippen LogP contribution in [0, 0.1) is 5.82 Å². The maximum atomic E-state index is 13.7. The molecule has 1 rings (SSSR count). The summed E-state index contributed by atoms with van der Waals surface area (Å²) in [5.41, 5.74) is 5.56. The van der Waals surface area contributed by atoms with Crippen LogP contribution in [0.25, 0.3) is 0 Å². The lowest BCUT2D eigenvalue weighted by Gasteiger charge is -2.10. The number of nitrogens with two attached hydrogens (primary N) is 1. The predicted molar refractivity (Wildman–Crippen MR) is 60.0 cm³/mol. The number of carboxylic acid groups (broad SMARTS) is 1. The van der Waals surface area contributed by atoms with Gasteiger partial charge in [0, 0.05) is 6.42 Å². The lowest BCUT2D eigenvalue weighted by molar-refractivity contribution is -0.138. The van der Waals surface area contributed by atoms with Gasteiger partial charge in [0.05, 0.1) is 11.6 Å². The monoisotopic (exact) mass is 291 g/mol. The number of hydrogen-bond acceptors (Lipinski definition) is 3. The van der Waals surface area contributed by atoms with E-state index in [-0.39, 0.29) is 16.5 Å². The van der Waals surface area contributed by atoms with Crippen molar-refractivity contribution in [1.29, 1.82) is 0 Å². The van der Waals surface area contributed by atoms with Crippen LogP contribution >= 0.6 is 15.9 Å². The van der Waals surface area contributed by atoms with Gasteiger partial charge in [-0.25, -0.2) is 4.39 Å². The van der Waals surface area contributed by atoms with Gasteiger partial charge >= 0.3 is 5.97 Å². The number of aliphatic carboxylic acids is 1. The number of halogens is 2. The van der Waals surface area contributed by atoms with E-state index in [4.69, 9.17) is 15.6 Å². The fraction of sp³-hybridized carbons (Fsp3) is 0.300. The molecule has 0 radical (unpaired) electrons. The molecule has 0 heterocycles. The average molecular weight is 292 g/mol. The van der Waals surface area contributed by atoms with E-state index in [1.54, 1.807) is 6.07 Å². The fourth-order valence-corrected chi connectivity index (χ4v) is 1.76. The van der Waals surface area contributed by atoms with E-state index in [0.29, 0.717) is 5.75 Å². The number of carboxylic acids is 1. The van der Waals surface area contributed by atoms with Crippen LogP contribution in [0.4, 0.5) is 4.39 Å². The Morgan fingerprint density at radius 3 is 2.81 bits per heavy atom. The molecule has 0 spiro atoms. The molecular weight excluding hydrogens is 281 g/mol. The maximum absolute atomic E-state index is 13.7. The predicted octanol–water partition coefficient (Wildman–Crippen LogP) is 1.55. The van der Waals surface area contributed by atoms with Gasteiger partial charge in [-0.2, -0.15) is 0 Å². The molecule has 0 saturated carbocycles. The highest BCUT2D eigenvalue weighted by molar-refractivity contribution is 9.10. The molecule has 0 aliphatic heterocycles. The summed E-state index contributed by atoms with van der Waals surface area (Å²) in [6, 6.07) is 1.90. The number of ether oxygens (including phenoxy) is 1. The van der Waals surface area contributed by atoms with Crippen LogP contribution in [0.3, 0.4) is 0 Å². The molecule has 0 saturated heterocycles. The molecule has 88 valence electrons. The third-order valence-electron chi connectivity index (χ3n) is 2.10. The van der Waals surface area contributed by atoms with Gasteiger partial charge in [-0.3, -0.25) is 4.79 Å². The molecule has 6 heteroatoms. The highest BCUT2D eigenvalue weighted by atomic mass is 79.9. The zero-order chi connectivity index (χ0) is 12.3. The zero-order valence-corrected chi connectivity index (χ0v) is 10.1. The van der Waals surface area contributed by atoms with Gasteiger partial charge in [-0.05, 0) is 27.6 Å². The Balaban J connectivity index is 2.99. The standard InChI is InChI=1S/C10H11BrFNO3/c1-16-7-3-2-5(9(12)8(7)11)4-6(13)10(14)15/h2-3,6H,4,13H2,1H3,(H,14,15). The molecule has 3 N–H and O–H groups in total. The van der Waals surface area contributed by atoms with Crippen LogP contribution in [0.5, 0.6) is 5.75 Å². The Bertz CT molecular complexity index is 411. The third-order valence-corrected chi connectivity index (χ3v) is 2.84. The van der Waals surface area contributed by atoms with Crippen LogP contribution in [-0.4, -0.2) is 24.2 Å². The molecule has 0 amide bonds. The van der Waals surface area contributed by atoms with Crippen molar-refractivity contribution in [2.75, 3.05) is 7.11 Å². The van der Waals surface area contributed by atoms with E-state index >= 15 is 0 Å². The van der Waals surface area contributed by atoms with Crippen molar-refractivity contribution in [3.8, 4) is 5.75 Å². The highest BCUT2D eigenvalue weighted by Gasteiger charge is 2.17. The highest BCUT2D eigenvalue weighted by Crippen LogP contribution is 2.30. The molecule has 1 aromatic rings. The second-order valence-corrected chi connectivity index (χ2v) is 4.00. The smallest absolute Gasteiger partial charge is 0.320 e. The van der Waals surface area contributed by atoms with Crippen molar-refractivity contribution >= 4 is 21.9 Å². The van der Waals surface area contributed by atoms with Crippen LogP contribution in [0.1, 0.15) is 5.56 Å². The van der Waals surface area contributed by atoms with Crippen molar-refractivity contribution in [3.05, 3.63) is 28.0 Å². The lowest BCUT2D eigenvalue weighted by Crippen LogP contribution is -2.32. The first kappa shape index (κ1) is 12.9. The molecular formula is C10H11BrFNO3. The summed E-state index contributed by atoms with van der Waals surface area (Å²) in [6.45, 7) is 0. The molecule has 4 nitrogen and oxygen atoms in total. The zero-order valence-electron chi connectivity index (χ0n) is 8.54. The van der Waals surface area contributed by atoms with E-state index < -0.39 is 17.8 Å². The molecule has 1 atom stereocenters. The summed E-state index contributed by atoms with van der Waals surface area (Å²) < 4.78 is 18.8. The summed E-state index contributed by atoms with van der Waals surface area (Å²) in [6.07, 6.45) is -0.0657. The molecule has 1 unspecified atom stereocenters. The summed E-state index contributed by atoms with van der Waals surface area (Å²) >= 11 is 3.03. The second kappa shape index (κ2) is 5.27. The molecule has 0 fully saturated rings.